The van der Waals surface area contributed by atoms with Gasteiger partial charge in [0.1, 0.15) is 5.41 Å². The van der Waals surface area contributed by atoms with Crippen molar-refractivity contribution in [1.29, 1.82) is 5.26 Å². The Labute approximate surface area is 86.1 Å². The molecule has 1 aliphatic carbocycles. The van der Waals surface area contributed by atoms with Gasteiger partial charge in [0, 0.05) is 0 Å². The lowest BCUT2D eigenvalue weighted by atomic mass is 9.69. The molecule has 78 valence electrons. The maximum atomic E-state index is 11.7. The van der Waals surface area contributed by atoms with E-state index in [9.17, 15) is 4.79 Å². The summed E-state index contributed by atoms with van der Waals surface area (Å²) in [4.78, 5) is 13.0. The number of hydrogen-bond donors (Lipinski definition) is 1. The molecule has 1 aromatic heterocycles. The van der Waals surface area contributed by atoms with Gasteiger partial charge in [-0.05, 0) is 24.5 Å². The number of carbonyl (C=O) groups excluding carboxylic acids is 1. The second-order valence-electron chi connectivity index (χ2n) is 3.60. The van der Waals surface area contributed by atoms with E-state index in [1.165, 1.54) is 4.80 Å². The standard InChI is InChI=1S/C8H10N6O/c1-14-12-7(11-13-14)10-6(15)8(5-9)3-2-4-8/h2-4H2,1H3,(H,10,12,15). The van der Waals surface area contributed by atoms with Crippen molar-refractivity contribution in [2.45, 2.75) is 19.3 Å². The smallest absolute Gasteiger partial charge is 0.270 e. The number of hydrogen-bond acceptors (Lipinski definition) is 5. The van der Waals surface area contributed by atoms with Crippen LogP contribution in [0.3, 0.4) is 0 Å². The van der Waals surface area contributed by atoms with Gasteiger partial charge in [-0.15, -0.1) is 5.10 Å². The summed E-state index contributed by atoms with van der Waals surface area (Å²) in [6.45, 7) is 0. The summed E-state index contributed by atoms with van der Waals surface area (Å²) in [7, 11) is 1.60. The molecule has 0 saturated heterocycles. The summed E-state index contributed by atoms with van der Waals surface area (Å²) >= 11 is 0. The van der Waals surface area contributed by atoms with Gasteiger partial charge < -0.3 is 0 Å². The van der Waals surface area contributed by atoms with E-state index in [0.717, 1.165) is 6.42 Å². The fraction of sp³-hybridized carbons (Fsp3) is 0.625. The van der Waals surface area contributed by atoms with Gasteiger partial charge in [-0.1, -0.05) is 5.10 Å². The number of nitrogens with one attached hydrogen (secondary N) is 1. The lowest BCUT2D eigenvalue weighted by Crippen LogP contribution is -2.40. The van der Waals surface area contributed by atoms with Crippen LogP contribution in [0.15, 0.2) is 0 Å². The molecule has 1 aliphatic rings. The quantitative estimate of drug-likeness (QED) is 0.725. The highest BCUT2D eigenvalue weighted by molar-refractivity contribution is 5.96. The number of nitrogens with zero attached hydrogens (tertiary/aromatic N) is 5. The molecular weight excluding hydrogens is 196 g/mol. The Hall–Kier alpha value is -1.97. The topological polar surface area (TPSA) is 96.5 Å². The monoisotopic (exact) mass is 206 g/mol. The zero-order chi connectivity index (χ0) is 10.9. The van der Waals surface area contributed by atoms with Crippen LogP contribution in [0.5, 0.6) is 0 Å². The summed E-state index contributed by atoms with van der Waals surface area (Å²) in [6, 6.07) is 2.05. The Morgan fingerprint density at radius 2 is 2.40 bits per heavy atom. The van der Waals surface area contributed by atoms with Gasteiger partial charge in [0.25, 0.3) is 5.95 Å². The molecular formula is C8H10N6O. The van der Waals surface area contributed by atoms with Crippen LogP contribution in [0.25, 0.3) is 0 Å². The van der Waals surface area contributed by atoms with E-state index in [2.05, 4.69) is 20.7 Å². The molecule has 2 rings (SSSR count). The Morgan fingerprint density at radius 1 is 1.67 bits per heavy atom. The number of amides is 1. The molecule has 0 radical (unpaired) electrons. The van der Waals surface area contributed by atoms with E-state index >= 15 is 0 Å². The van der Waals surface area contributed by atoms with Crippen molar-refractivity contribution in [3.05, 3.63) is 0 Å². The second-order valence-corrected chi connectivity index (χ2v) is 3.60. The van der Waals surface area contributed by atoms with Crippen LogP contribution in [0.1, 0.15) is 19.3 Å². The summed E-state index contributed by atoms with van der Waals surface area (Å²) in [5, 5.41) is 22.4. The predicted molar refractivity (Wildman–Crippen MR) is 49.3 cm³/mol. The summed E-state index contributed by atoms with van der Waals surface area (Å²) < 4.78 is 0. The minimum Gasteiger partial charge on any atom is -0.290 e. The summed E-state index contributed by atoms with van der Waals surface area (Å²) in [5.41, 5.74) is -0.876. The molecule has 1 aromatic rings. The highest BCUT2D eigenvalue weighted by atomic mass is 16.2. The number of aromatic nitrogens is 4. The first-order chi connectivity index (χ1) is 7.16. The molecule has 15 heavy (non-hydrogen) atoms. The van der Waals surface area contributed by atoms with Crippen LogP contribution in [0.4, 0.5) is 5.95 Å². The third-order valence-corrected chi connectivity index (χ3v) is 2.59. The zero-order valence-electron chi connectivity index (χ0n) is 8.27. The van der Waals surface area contributed by atoms with Gasteiger partial charge in [0.15, 0.2) is 0 Å². The van der Waals surface area contributed by atoms with E-state index < -0.39 is 5.41 Å². The van der Waals surface area contributed by atoms with Crippen LogP contribution < -0.4 is 5.32 Å². The van der Waals surface area contributed by atoms with E-state index in [0.29, 0.717) is 12.8 Å². The van der Waals surface area contributed by atoms with Gasteiger partial charge in [0.05, 0.1) is 13.1 Å². The Morgan fingerprint density at radius 3 is 2.80 bits per heavy atom. The van der Waals surface area contributed by atoms with E-state index in [1.807, 2.05) is 6.07 Å². The van der Waals surface area contributed by atoms with Gasteiger partial charge >= 0.3 is 0 Å². The molecule has 0 spiro atoms. The van der Waals surface area contributed by atoms with E-state index in [-0.39, 0.29) is 11.9 Å². The molecule has 7 nitrogen and oxygen atoms in total. The number of rotatable bonds is 2. The van der Waals surface area contributed by atoms with Crippen molar-refractivity contribution < 1.29 is 4.79 Å². The van der Waals surface area contributed by atoms with E-state index in [4.69, 9.17) is 5.26 Å². The zero-order valence-corrected chi connectivity index (χ0v) is 8.27. The molecule has 7 heteroatoms. The largest absolute Gasteiger partial charge is 0.290 e. The minimum atomic E-state index is -0.876. The van der Waals surface area contributed by atoms with Crippen LogP contribution in [0, 0.1) is 16.7 Å². The average Bonchev–Trinajstić information content (AvgIpc) is 2.50. The molecule has 0 aromatic carbocycles. The first kappa shape index (κ1) is 9.58. The molecule has 1 heterocycles. The molecule has 0 atom stereocenters. The molecule has 1 saturated carbocycles. The fourth-order valence-corrected chi connectivity index (χ4v) is 1.48. The molecule has 0 bridgehead atoms. The molecule has 1 N–H and O–H groups in total. The third-order valence-electron chi connectivity index (χ3n) is 2.59. The lowest BCUT2D eigenvalue weighted by Gasteiger charge is -2.32. The summed E-state index contributed by atoms with van der Waals surface area (Å²) in [5.74, 6) is -0.187. The maximum absolute atomic E-state index is 11.7. The Bertz CT molecular complexity index is 427. The van der Waals surface area contributed by atoms with Crippen molar-refractivity contribution in [3.63, 3.8) is 0 Å². The lowest BCUT2D eigenvalue weighted by molar-refractivity contribution is -0.126. The number of carbonyl (C=O) groups is 1. The van der Waals surface area contributed by atoms with Crippen molar-refractivity contribution in [2.75, 3.05) is 5.32 Å². The number of anilines is 1. The number of nitriles is 1. The molecule has 0 unspecified atom stereocenters. The molecule has 1 fully saturated rings. The summed E-state index contributed by atoms with van der Waals surface area (Å²) in [6.07, 6.45) is 2.13. The highest BCUT2D eigenvalue weighted by Gasteiger charge is 2.45. The van der Waals surface area contributed by atoms with Crippen LogP contribution in [-0.2, 0) is 11.8 Å². The fourth-order valence-electron chi connectivity index (χ4n) is 1.48. The van der Waals surface area contributed by atoms with Gasteiger partial charge in [-0.2, -0.15) is 10.1 Å². The SMILES string of the molecule is Cn1nnc(NC(=O)C2(C#N)CCC2)n1. The van der Waals surface area contributed by atoms with Crippen LogP contribution in [0.2, 0.25) is 0 Å². The van der Waals surface area contributed by atoms with Gasteiger partial charge in [-0.25, -0.2) is 0 Å². The van der Waals surface area contributed by atoms with Crippen molar-refractivity contribution >= 4 is 11.9 Å². The molecule has 0 aliphatic heterocycles. The van der Waals surface area contributed by atoms with Gasteiger partial charge in [-0.3, -0.25) is 10.1 Å². The molecule has 1 amide bonds. The highest BCUT2D eigenvalue weighted by Crippen LogP contribution is 2.40. The number of aryl methyl sites for hydroxylation is 1. The second kappa shape index (κ2) is 3.31. The number of tetrazole rings is 1. The van der Waals surface area contributed by atoms with E-state index in [1.54, 1.807) is 7.05 Å². The van der Waals surface area contributed by atoms with Crippen molar-refractivity contribution in [2.24, 2.45) is 12.5 Å². The Balaban J connectivity index is 2.07. The van der Waals surface area contributed by atoms with Crippen molar-refractivity contribution in [1.82, 2.24) is 20.2 Å². The average molecular weight is 206 g/mol. The van der Waals surface area contributed by atoms with Crippen molar-refractivity contribution in [3.8, 4) is 6.07 Å². The third kappa shape index (κ3) is 1.54. The normalized spacial score (nSPS) is 17.6. The first-order valence-corrected chi connectivity index (χ1v) is 4.63. The maximum Gasteiger partial charge on any atom is 0.270 e. The first-order valence-electron chi connectivity index (χ1n) is 4.63. The minimum absolute atomic E-state index is 0.143. The van der Waals surface area contributed by atoms with Crippen LogP contribution >= 0.6 is 0 Å². The predicted octanol–water partition coefficient (Wildman–Crippen LogP) is -0.158. The Kier molecular flexibility index (Phi) is 2.11. The van der Waals surface area contributed by atoms with Gasteiger partial charge in [0.2, 0.25) is 5.91 Å². The van der Waals surface area contributed by atoms with Crippen LogP contribution in [-0.4, -0.2) is 26.1 Å².